The molecule has 1 aromatic heterocycles. The highest BCUT2D eigenvalue weighted by Crippen LogP contribution is 2.35. The van der Waals surface area contributed by atoms with Gasteiger partial charge in [-0.1, -0.05) is 70.5 Å². The third kappa shape index (κ3) is 3.05. The van der Waals surface area contributed by atoms with Crippen LogP contribution in [-0.4, -0.2) is 0 Å². The van der Waals surface area contributed by atoms with Crippen LogP contribution in [0.5, 0.6) is 0 Å². The van der Waals surface area contributed by atoms with Crippen molar-refractivity contribution in [3.8, 4) is 11.1 Å². The number of thiophene rings is 1. The number of hydrogen-bond acceptors (Lipinski definition) is 1. The Bertz CT molecular complexity index is 687. The van der Waals surface area contributed by atoms with E-state index in [4.69, 9.17) is 0 Å². The maximum atomic E-state index is 3.77. The van der Waals surface area contributed by atoms with Crippen LogP contribution in [0.25, 0.3) is 11.1 Å². The van der Waals surface area contributed by atoms with E-state index in [1.165, 1.54) is 22.3 Å². The Kier molecular flexibility index (Phi) is 4.39. The SMILES string of the molecule is Brc1cc(C(Br)c2ccc(-c3ccccc3)cc2)cs1. The number of halogens is 2. The molecule has 0 N–H and O–H groups in total. The monoisotopic (exact) mass is 406 g/mol. The average Bonchev–Trinajstić information content (AvgIpc) is 2.94. The van der Waals surface area contributed by atoms with Gasteiger partial charge in [-0.15, -0.1) is 11.3 Å². The van der Waals surface area contributed by atoms with E-state index in [1.807, 2.05) is 6.07 Å². The van der Waals surface area contributed by atoms with Crippen molar-refractivity contribution < 1.29 is 0 Å². The van der Waals surface area contributed by atoms with Gasteiger partial charge in [-0.3, -0.25) is 0 Å². The first-order valence-corrected chi connectivity index (χ1v) is 8.86. The molecule has 3 rings (SSSR count). The molecule has 0 nitrogen and oxygen atoms in total. The Hall–Kier alpha value is -0.900. The molecule has 0 saturated heterocycles. The van der Waals surface area contributed by atoms with E-state index in [-0.39, 0.29) is 4.83 Å². The van der Waals surface area contributed by atoms with Crippen LogP contribution in [0.2, 0.25) is 0 Å². The molecule has 0 spiro atoms. The summed E-state index contributed by atoms with van der Waals surface area (Å²) in [5.41, 5.74) is 5.06. The number of alkyl halides is 1. The summed E-state index contributed by atoms with van der Waals surface area (Å²) in [4.78, 5) is 0.245. The molecule has 2 aromatic carbocycles. The van der Waals surface area contributed by atoms with Gasteiger partial charge < -0.3 is 0 Å². The standard InChI is InChI=1S/C17H12Br2S/c18-16-10-15(11-20-16)17(19)14-8-6-13(7-9-14)12-4-2-1-3-5-12/h1-11,17H. The van der Waals surface area contributed by atoms with Crippen LogP contribution in [-0.2, 0) is 0 Å². The molecule has 0 fully saturated rings. The quantitative estimate of drug-likeness (QED) is 0.425. The molecule has 0 saturated carbocycles. The zero-order valence-corrected chi connectivity index (χ0v) is 14.6. The van der Waals surface area contributed by atoms with Crippen LogP contribution < -0.4 is 0 Å². The molecule has 1 unspecified atom stereocenters. The van der Waals surface area contributed by atoms with E-state index in [9.17, 15) is 0 Å². The minimum Gasteiger partial charge on any atom is -0.136 e. The predicted octanol–water partition coefficient (Wildman–Crippen LogP) is 6.66. The van der Waals surface area contributed by atoms with E-state index >= 15 is 0 Å². The Labute approximate surface area is 139 Å². The van der Waals surface area contributed by atoms with Crippen LogP contribution in [0.1, 0.15) is 16.0 Å². The molecule has 0 aliphatic heterocycles. The van der Waals surface area contributed by atoms with Gasteiger partial charge in [0.2, 0.25) is 0 Å². The molecule has 0 aliphatic carbocycles. The number of rotatable bonds is 3. The van der Waals surface area contributed by atoms with Gasteiger partial charge >= 0.3 is 0 Å². The van der Waals surface area contributed by atoms with Gasteiger partial charge in [0.25, 0.3) is 0 Å². The highest BCUT2D eigenvalue weighted by Gasteiger charge is 2.12. The molecule has 0 amide bonds. The minimum absolute atomic E-state index is 0.245. The van der Waals surface area contributed by atoms with Gasteiger partial charge in [0.05, 0.1) is 8.61 Å². The Morgan fingerprint density at radius 1 is 0.800 bits per heavy atom. The predicted molar refractivity (Wildman–Crippen MR) is 94.7 cm³/mol. The van der Waals surface area contributed by atoms with E-state index in [1.54, 1.807) is 11.3 Å². The molecular formula is C17H12Br2S. The van der Waals surface area contributed by atoms with Gasteiger partial charge in [-0.25, -0.2) is 0 Å². The third-order valence-corrected chi connectivity index (χ3v) is 5.77. The molecule has 1 heterocycles. The normalized spacial score (nSPS) is 12.3. The topological polar surface area (TPSA) is 0 Å². The van der Waals surface area contributed by atoms with Crippen molar-refractivity contribution >= 4 is 43.2 Å². The van der Waals surface area contributed by atoms with Gasteiger partial charge in [-0.2, -0.15) is 0 Å². The molecule has 1 atom stereocenters. The summed E-state index contributed by atoms with van der Waals surface area (Å²) in [6, 6.07) is 21.4. The van der Waals surface area contributed by atoms with Crippen molar-refractivity contribution in [2.45, 2.75) is 4.83 Å². The highest BCUT2D eigenvalue weighted by atomic mass is 79.9. The van der Waals surface area contributed by atoms with E-state index in [0.717, 1.165) is 3.79 Å². The van der Waals surface area contributed by atoms with Crippen LogP contribution in [0, 0.1) is 0 Å². The summed E-state index contributed by atoms with van der Waals surface area (Å²) in [6.07, 6.45) is 0. The maximum absolute atomic E-state index is 3.77. The summed E-state index contributed by atoms with van der Waals surface area (Å²) in [6.45, 7) is 0. The van der Waals surface area contributed by atoms with E-state index < -0.39 is 0 Å². The fraction of sp³-hybridized carbons (Fsp3) is 0.0588. The molecule has 20 heavy (non-hydrogen) atoms. The van der Waals surface area contributed by atoms with Crippen molar-refractivity contribution in [1.29, 1.82) is 0 Å². The first kappa shape index (κ1) is 14.1. The first-order valence-electron chi connectivity index (χ1n) is 6.27. The molecule has 3 aromatic rings. The lowest BCUT2D eigenvalue weighted by Crippen LogP contribution is -1.90. The summed E-state index contributed by atoms with van der Waals surface area (Å²) in [5.74, 6) is 0. The smallest absolute Gasteiger partial charge is 0.0701 e. The molecule has 100 valence electrons. The van der Waals surface area contributed by atoms with Gasteiger partial charge in [-0.05, 0) is 49.6 Å². The van der Waals surface area contributed by atoms with Crippen LogP contribution in [0.3, 0.4) is 0 Å². The van der Waals surface area contributed by atoms with E-state index in [0.29, 0.717) is 0 Å². The lowest BCUT2D eigenvalue weighted by molar-refractivity contribution is 1.19. The number of benzene rings is 2. The lowest BCUT2D eigenvalue weighted by atomic mass is 10.0. The van der Waals surface area contributed by atoms with Crippen molar-refractivity contribution in [3.63, 3.8) is 0 Å². The summed E-state index contributed by atoms with van der Waals surface area (Å²) < 4.78 is 1.16. The molecular weight excluding hydrogens is 396 g/mol. The van der Waals surface area contributed by atoms with Crippen molar-refractivity contribution in [3.05, 3.63) is 81.0 Å². The Morgan fingerprint density at radius 2 is 1.45 bits per heavy atom. The molecule has 0 aliphatic rings. The molecule has 0 bridgehead atoms. The van der Waals surface area contributed by atoms with E-state index in [2.05, 4.69) is 91.8 Å². The second-order valence-corrected chi connectivity index (χ2v) is 7.74. The van der Waals surface area contributed by atoms with Crippen LogP contribution in [0.4, 0.5) is 0 Å². The maximum Gasteiger partial charge on any atom is 0.0701 e. The van der Waals surface area contributed by atoms with Crippen molar-refractivity contribution in [2.24, 2.45) is 0 Å². The highest BCUT2D eigenvalue weighted by molar-refractivity contribution is 9.11. The lowest BCUT2D eigenvalue weighted by Gasteiger charge is -2.09. The zero-order chi connectivity index (χ0) is 13.9. The van der Waals surface area contributed by atoms with Crippen molar-refractivity contribution in [2.75, 3.05) is 0 Å². The zero-order valence-electron chi connectivity index (χ0n) is 10.6. The second-order valence-electron chi connectivity index (χ2n) is 4.53. The fourth-order valence-electron chi connectivity index (χ4n) is 2.12. The number of hydrogen-bond donors (Lipinski definition) is 0. The van der Waals surface area contributed by atoms with Crippen LogP contribution in [0.15, 0.2) is 69.8 Å². The molecule has 0 radical (unpaired) electrons. The molecule has 3 heteroatoms. The first-order chi connectivity index (χ1) is 9.74. The van der Waals surface area contributed by atoms with Crippen molar-refractivity contribution in [1.82, 2.24) is 0 Å². The average molecular weight is 408 g/mol. The van der Waals surface area contributed by atoms with Gasteiger partial charge in [0.1, 0.15) is 0 Å². The summed E-state index contributed by atoms with van der Waals surface area (Å²) in [5, 5.41) is 2.18. The Morgan fingerprint density at radius 3 is 2.05 bits per heavy atom. The Balaban J connectivity index is 1.86. The minimum atomic E-state index is 0.245. The second kappa shape index (κ2) is 6.25. The van der Waals surface area contributed by atoms with Crippen LogP contribution >= 0.6 is 43.2 Å². The summed E-state index contributed by atoms with van der Waals surface area (Å²) >= 11 is 9.00. The fourth-order valence-corrected chi connectivity index (χ4v) is 4.07. The largest absolute Gasteiger partial charge is 0.136 e. The van der Waals surface area contributed by atoms with Gasteiger partial charge in [0, 0.05) is 0 Å². The third-order valence-electron chi connectivity index (χ3n) is 3.19. The summed E-state index contributed by atoms with van der Waals surface area (Å²) in [7, 11) is 0. The van der Waals surface area contributed by atoms with Gasteiger partial charge in [0.15, 0.2) is 0 Å².